The minimum Gasteiger partial charge on any atom is -0.495 e. The van der Waals surface area contributed by atoms with Gasteiger partial charge in [-0.3, -0.25) is 4.79 Å². The van der Waals surface area contributed by atoms with Crippen molar-refractivity contribution < 1.29 is 18.7 Å². The Kier molecular flexibility index (Phi) is 7.32. The molecule has 0 spiro atoms. The number of ether oxygens (including phenoxy) is 2. The number of nitrogens with zero attached hydrogens (tertiary/aromatic N) is 4. The normalized spacial score (nSPS) is 16.4. The van der Waals surface area contributed by atoms with Crippen LogP contribution in [0.1, 0.15) is 15.9 Å². The molecule has 0 unspecified atom stereocenters. The van der Waals surface area contributed by atoms with Gasteiger partial charge < -0.3 is 33.9 Å². The minimum absolute atomic E-state index is 0.0483. The van der Waals surface area contributed by atoms with Crippen molar-refractivity contribution in [1.82, 2.24) is 14.8 Å². The maximum Gasteiger partial charge on any atom is 0.300 e. The predicted octanol–water partition coefficient (Wildman–Crippen LogP) is 4.78. The molecule has 40 heavy (non-hydrogen) atoms. The fraction of sp³-hybridized carbons (Fsp3) is 0.355. The summed E-state index contributed by atoms with van der Waals surface area (Å²) in [5.41, 5.74) is 6.95. The van der Waals surface area contributed by atoms with Crippen molar-refractivity contribution in [2.24, 2.45) is 0 Å². The number of anilines is 3. The first-order valence-electron chi connectivity index (χ1n) is 13.8. The summed E-state index contributed by atoms with van der Waals surface area (Å²) in [5, 5.41) is 3.35. The number of hydrogen-bond donors (Lipinski definition) is 1. The number of rotatable bonds is 6. The number of benzene rings is 3. The molecule has 6 rings (SSSR count). The number of nitrogens with one attached hydrogen (secondary N) is 1. The Labute approximate surface area is 234 Å². The van der Waals surface area contributed by atoms with E-state index in [-0.39, 0.29) is 5.91 Å². The summed E-state index contributed by atoms with van der Waals surface area (Å²) in [4.78, 5) is 24.3. The standard InChI is InChI=1S/C31H35N5O4/c1-21-19-22(7-9-24(21)30(37)36-15-17-39-18-16-36)25-5-4-6-26-29(25)40-31(33-26)32-23-8-10-28(38-3)27(20-23)35-13-11-34(2)12-14-35/h4-10,19-20H,11-18H2,1-3H3,(H,32,33). The summed E-state index contributed by atoms with van der Waals surface area (Å²) < 4.78 is 17.3. The molecule has 0 bridgehead atoms. The smallest absolute Gasteiger partial charge is 0.300 e. The van der Waals surface area contributed by atoms with Crippen molar-refractivity contribution in [3.8, 4) is 16.9 Å². The average molecular weight is 542 g/mol. The first-order valence-corrected chi connectivity index (χ1v) is 13.8. The summed E-state index contributed by atoms with van der Waals surface area (Å²) in [6, 6.07) is 18.4. The number of oxazole rings is 1. The van der Waals surface area contributed by atoms with Crippen molar-refractivity contribution >= 4 is 34.4 Å². The lowest BCUT2D eigenvalue weighted by Crippen LogP contribution is -2.44. The van der Waals surface area contributed by atoms with E-state index in [9.17, 15) is 4.79 Å². The highest BCUT2D eigenvalue weighted by Crippen LogP contribution is 2.35. The summed E-state index contributed by atoms with van der Waals surface area (Å²) in [6.45, 7) is 8.30. The molecule has 208 valence electrons. The van der Waals surface area contributed by atoms with Gasteiger partial charge >= 0.3 is 0 Å². The van der Waals surface area contributed by atoms with Crippen molar-refractivity contribution in [3.63, 3.8) is 0 Å². The molecular weight excluding hydrogens is 506 g/mol. The summed E-state index contributed by atoms with van der Waals surface area (Å²) >= 11 is 0. The van der Waals surface area contributed by atoms with E-state index in [1.54, 1.807) is 7.11 Å². The van der Waals surface area contributed by atoms with Gasteiger partial charge in [-0.15, -0.1) is 0 Å². The Morgan fingerprint density at radius 3 is 2.52 bits per heavy atom. The van der Waals surface area contributed by atoms with E-state index >= 15 is 0 Å². The predicted molar refractivity (Wildman–Crippen MR) is 157 cm³/mol. The third-order valence-electron chi connectivity index (χ3n) is 7.76. The average Bonchev–Trinajstić information content (AvgIpc) is 3.40. The van der Waals surface area contributed by atoms with E-state index in [2.05, 4.69) is 28.2 Å². The molecule has 2 aliphatic rings. The summed E-state index contributed by atoms with van der Waals surface area (Å²) in [6.07, 6.45) is 0. The van der Waals surface area contributed by atoms with Gasteiger partial charge in [-0.2, -0.15) is 4.98 Å². The monoisotopic (exact) mass is 541 g/mol. The highest BCUT2D eigenvalue weighted by atomic mass is 16.5. The van der Waals surface area contributed by atoms with Crippen LogP contribution in [0.5, 0.6) is 5.75 Å². The number of morpholine rings is 1. The van der Waals surface area contributed by atoms with Crippen LogP contribution in [0.3, 0.4) is 0 Å². The van der Waals surface area contributed by atoms with E-state index in [0.29, 0.717) is 43.5 Å². The fourth-order valence-corrected chi connectivity index (χ4v) is 5.42. The van der Waals surface area contributed by atoms with Gasteiger partial charge in [0.25, 0.3) is 11.9 Å². The number of likely N-dealkylation sites (N-methyl/N-ethyl adjacent to an activating group) is 1. The first kappa shape index (κ1) is 26.2. The number of methoxy groups -OCH3 is 1. The molecule has 2 aliphatic heterocycles. The van der Waals surface area contributed by atoms with Gasteiger partial charge in [-0.1, -0.05) is 24.3 Å². The van der Waals surface area contributed by atoms with Crippen LogP contribution in [0.25, 0.3) is 22.2 Å². The lowest BCUT2D eigenvalue weighted by atomic mass is 9.98. The van der Waals surface area contributed by atoms with Crippen molar-refractivity contribution in [3.05, 3.63) is 65.7 Å². The number of aryl methyl sites for hydroxylation is 1. The van der Waals surface area contributed by atoms with Crippen LogP contribution in [0, 0.1) is 6.92 Å². The number of carbonyl (C=O) groups excluding carboxylic acids is 1. The molecule has 3 aromatic carbocycles. The molecule has 0 atom stereocenters. The maximum atomic E-state index is 13.1. The van der Waals surface area contributed by atoms with Gasteiger partial charge in [0.1, 0.15) is 11.3 Å². The highest BCUT2D eigenvalue weighted by Gasteiger charge is 2.22. The molecule has 0 radical (unpaired) electrons. The number of piperazine rings is 1. The topological polar surface area (TPSA) is 83.3 Å². The number of hydrogen-bond acceptors (Lipinski definition) is 8. The van der Waals surface area contributed by atoms with E-state index in [0.717, 1.165) is 65.5 Å². The third-order valence-corrected chi connectivity index (χ3v) is 7.76. The SMILES string of the molecule is COc1ccc(Nc2nc3cccc(-c4ccc(C(=O)N5CCOCC5)c(C)c4)c3o2)cc1N1CCN(C)CC1. The lowest BCUT2D eigenvalue weighted by Gasteiger charge is -2.34. The van der Waals surface area contributed by atoms with Crippen LogP contribution < -0.4 is 15.0 Å². The second-order valence-electron chi connectivity index (χ2n) is 10.4. The molecule has 3 heterocycles. The third kappa shape index (κ3) is 5.22. The number of para-hydroxylation sites is 1. The fourth-order valence-electron chi connectivity index (χ4n) is 5.42. The first-order chi connectivity index (χ1) is 19.5. The Morgan fingerprint density at radius 2 is 1.77 bits per heavy atom. The molecule has 1 aromatic heterocycles. The van der Waals surface area contributed by atoms with Crippen LogP contribution in [0.2, 0.25) is 0 Å². The Bertz CT molecular complexity index is 1520. The number of carbonyl (C=O) groups is 1. The molecule has 0 aliphatic carbocycles. The second kappa shape index (κ2) is 11.2. The highest BCUT2D eigenvalue weighted by molar-refractivity contribution is 5.97. The lowest BCUT2D eigenvalue weighted by molar-refractivity contribution is 0.0302. The van der Waals surface area contributed by atoms with E-state index < -0.39 is 0 Å². The number of aromatic nitrogens is 1. The van der Waals surface area contributed by atoms with Gasteiger partial charge in [0.15, 0.2) is 5.58 Å². The molecule has 0 saturated carbocycles. The Morgan fingerprint density at radius 1 is 0.975 bits per heavy atom. The molecule has 1 amide bonds. The summed E-state index contributed by atoms with van der Waals surface area (Å²) in [5.74, 6) is 0.896. The van der Waals surface area contributed by atoms with Crippen molar-refractivity contribution in [2.75, 3.05) is 76.9 Å². The minimum atomic E-state index is 0.0483. The Hall–Kier alpha value is -4.08. The van der Waals surface area contributed by atoms with Crippen LogP contribution in [0.15, 0.2) is 59.0 Å². The van der Waals surface area contributed by atoms with Crippen molar-refractivity contribution in [2.45, 2.75) is 6.92 Å². The second-order valence-corrected chi connectivity index (χ2v) is 10.4. The van der Waals surface area contributed by atoms with Crippen LogP contribution in [-0.4, -0.2) is 87.3 Å². The number of fused-ring (bicyclic) bond motifs is 1. The zero-order valence-electron chi connectivity index (χ0n) is 23.3. The molecule has 1 N–H and O–H groups in total. The van der Waals surface area contributed by atoms with Crippen LogP contribution >= 0.6 is 0 Å². The van der Waals surface area contributed by atoms with Crippen LogP contribution in [-0.2, 0) is 4.74 Å². The van der Waals surface area contributed by atoms with Gasteiger partial charge in [0.05, 0.1) is 26.0 Å². The van der Waals surface area contributed by atoms with E-state index in [1.165, 1.54) is 0 Å². The van der Waals surface area contributed by atoms with E-state index in [4.69, 9.17) is 18.9 Å². The van der Waals surface area contributed by atoms with Gasteiger partial charge in [-0.05, 0) is 55.4 Å². The van der Waals surface area contributed by atoms with E-state index in [1.807, 2.05) is 60.4 Å². The molecule has 2 saturated heterocycles. The quantitative estimate of drug-likeness (QED) is 0.374. The van der Waals surface area contributed by atoms with Crippen molar-refractivity contribution in [1.29, 1.82) is 0 Å². The molecular formula is C31H35N5O4. The summed E-state index contributed by atoms with van der Waals surface area (Å²) in [7, 11) is 3.85. The molecule has 4 aromatic rings. The zero-order valence-corrected chi connectivity index (χ0v) is 23.3. The van der Waals surface area contributed by atoms with Gasteiger partial charge in [0.2, 0.25) is 0 Å². The number of amides is 1. The zero-order chi connectivity index (χ0) is 27.6. The maximum absolute atomic E-state index is 13.1. The Balaban J connectivity index is 1.26. The largest absolute Gasteiger partial charge is 0.495 e. The molecule has 9 nitrogen and oxygen atoms in total. The van der Waals surface area contributed by atoms with Gasteiger partial charge in [0, 0.05) is 56.1 Å². The molecule has 9 heteroatoms. The van der Waals surface area contributed by atoms with Crippen LogP contribution in [0.4, 0.5) is 17.4 Å². The van der Waals surface area contributed by atoms with Gasteiger partial charge in [-0.25, -0.2) is 0 Å². The molecule has 2 fully saturated rings.